The Hall–Kier alpha value is -2.04. The van der Waals surface area contributed by atoms with Crippen LogP contribution in [0.15, 0.2) is 30.3 Å². The maximum atomic E-state index is 12.2. The maximum Gasteiger partial charge on any atom is 0.317 e. The number of rotatable bonds is 2. The lowest BCUT2D eigenvalue weighted by atomic mass is 10.1. The van der Waals surface area contributed by atoms with Gasteiger partial charge in [0.2, 0.25) is 5.91 Å². The third kappa shape index (κ3) is 3.50. The molecule has 108 valence electrons. The predicted octanol–water partition coefficient (Wildman–Crippen LogP) is 1.62. The van der Waals surface area contributed by atoms with Crippen molar-refractivity contribution in [3.05, 3.63) is 35.9 Å². The second-order valence-electron chi connectivity index (χ2n) is 5.07. The molecule has 20 heavy (non-hydrogen) atoms. The van der Waals surface area contributed by atoms with E-state index in [4.69, 9.17) is 0 Å². The molecular weight excluding hydrogens is 254 g/mol. The van der Waals surface area contributed by atoms with Crippen LogP contribution in [0.3, 0.4) is 0 Å². The Morgan fingerprint density at radius 2 is 1.60 bits per heavy atom. The molecule has 2 rings (SSSR count). The number of benzene rings is 1. The van der Waals surface area contributed by atoms with Gasteiger partial charge < -0.3 is 15.1 Å². The average Bonchev–Trinajstić information content (AvgIpc) is 2.48. The monoisotopic (exact) mass is 275 g/mol. The van der Waals surface area contributed by atoms with E-state index in [2.05, 4.69) is 5.32 Å². The van der Waals surface area contributed by atoms with E-state index in [1.165, 1.54) is 0 Å². The third-order valence-corrected chi connectivity index (χ3v) is 3.65. The molecule has 1 N–H and O–H groups in total. The molecule has 0 saturated carbocycles. The van der Waals surface area contributed by atoms with Crippen molar-refractivity contribution in [1.29, 1.82) is 0 Å². The van der Waals surface area contributed by atoms with E-state index in [0.717, 1.165) is 5.56 Å². The number of nitrogens with zero attached hydrogens (tertiary/aromatic N) is 2. The van der Waals surface area contributed by atoms with E-state index < -0.39 is 0 Å². The zero-order valence-electron chi connectivity index (χ0n) is 12.0. The van der Waals surface area contributed by atoms with Crippen molar-refractivity contribution in [2.75, 3.05) is 26.2 Å². The van der Waals surface area contributed by atoms with Crippen molar-refractivity contribution in [3.63, 3.8) is 0 Å². The van der Waals surface area contributed by atoms with E-state index in [-0.39, 0.29) is 18.0 Å². The smallest absolute Gasteiger partial charge is 0.317 e. The van der Waals surface area contributed by atoms with Crippen LogP contribution in [-0.2, 0) is 4.79 Å². The number of piperazine rings is 1. The van der Waals surface area contributed by atoms with Gasteiger partial charge in [-0.3, -0.25) is 4.79 Å². The number of carbonyl (C=O) groups is 2. The third-order valence-electron chi connectivity index (χ3n) is 3.65. The predicted molar refractivity (Wildman–Crippen MR) is 77.2 cm³/mol. The first-order chi connectivity index (χ1) is 9.58. The van der Waals surface area contributed by atoms with Crippen molar-refractivity contribution in [1.82, 2.24) is 15.1 Å². The minimum absolute atomic E-state index is 0.0189. The molecule has 0 bridgehead atoms. The number of nitrogens with one attached hydrogen (secondary N) is 1. The normalized spacial score (nSPS) is 16.7. The fraction of sp³-hybridized carbons (Fsp3) is 0.467. The summed E-state index contributed by atoms with van der Waals surface area (Å²) in [5, 5.41) is 2.99. The van der Waals surface area contributed by atoms with Gasteiger partial charge in [0.25, 0.3) is 0 Å². The molecule has 1 aromatic carbocycles. The number of hydrogen-bond donors (Lipinski definition) is 1. The summed E-state index contributed by atoms with van der Waals surface area (Å²) in [6.07, 6.45) is 0. The van der Waals surface area contributed by atoms with E-state index in [1.807, 2.05) is 37.3 Å². The highest BCUT2D eigenvalue weighted by Crippen LogP contribution is 2.12. The summed E-state index contributed by atoms with van der Waals surface area (Å²) in [7, 11) is 0. The minimum atomic E-state index is -0.0652. The number of hydrogen-bond acceptors (Lipinski definition) is 2. The summed E-state index contributed by atoms with van der Waals surface area (Å²) in [6, 6.07) is 9.79. The molecular formula is C15H21N3O2. The highest BCUT2D eigenvalue weighted by atomic mass is 16.2. The van der Waals surface area contributed by atoms with Crippen LogP contribution < -0.4 is 5.32 Å². The molecule has 5 heteroatoms. The fourth-order valence-corrected chi connectivity index (χ4v) is 2.33. The van der Waals surface area contributed by atoms with Crippen molar-refractivity contribution < 1.29 is 9.59 Å². The first-order valence-corrected chi connectivity index (χ1v) is 6.94. The van der Waals surface area contributed by atoms with Crippen LogP contribution in [0.5, 0.6) is 0 Å². The molecule has 1 unspecified atom stereocenters. The first kappa shape index (κ1) is 14.4. The molecule has 1 aromatic rings. The summed E-state index contributed by atoms with van der Waals surface area (Å²) in [4.78, 5) is 26.9. The summed E-state index contributed by atoms with van der Waals surface area (Å²) >= 11 is 0. The Balaban J connectivity index is 1.85. The Kier molecular flexibility index (Phi) is 4.61. The summed E-state index contributed by atoms with van der Waals surface area (Å²) in [5.74, 6) is 0.0720. The van der Waals surface area contributed by atoms with Gasteiger partial charge in [0.05, 0.1) is 6.04 Å². The lowest BCUT2D eigenvalue weighted by Gasteiger charge is -2.34. The standard InChI is InChI=1S/C15H21N3O2/c1-12(14-6-4-3-5-7-14)16-15(20)18-10-8-17(9-11-18)13(2)19/h3-7,12H,8-11H2,1-2H3,(H,16,20). The Labute approximate surface area is 119 Å². The number of carbonyl (C=O) groups excluding carboxylic acids is 2. The summed E-state index contributed by atoms with van der Waals surface area (Å²) in [6.45, 7) is 5.94. The molecule has 5 nitrogen and oxygen atoms in total. The van der Waals surface area contributed by atoms with E-state index in [0.29, 0.717) is 26.2 Å². The van der Waals surface area contributed by atoms with Crippen molar-refractivity contribution in [2.24, 2.45) is 0 Å². The molecule has 1 saturated heterocycles. The second kappa shape index (κ2) is 6.41. The maximum absolute atomic E-state index is 12.2. The summed E-state index contributed by atoms with van der Waals surface area (Å²) in [5.41, 5.74) is 1.09. The van der Waals surface area contributed by atoms with Crippen LogP contribution in [0.4, 0.5) is 4.79 Å². The van der Waals surface area contributed by atoms with E-state index in [1.54, 1.807) is 16.7 Å². The zero-order valence-corrected chi connectivity index (χ0v) is 12.0. The number of urea groups is 1. The SMILES string of the molecule is CC(=O)N1CCN(C(=O)NC(C)c2ccccc2)CC1. The van der Waals surface area contributed by atoms with Gasteiger partial charge in [-0.05, 0) is 12.5 Å². The fourth-order valence-electron chi connectivity index (χ4n) is 2.33. The van der Waals surface area contributed by atoms with Crippen LogP contribution in [0, 0.1) is 0 Å². The molecule has 1 aliphatic heterocycles. The Morgan fingerprint density at radius 3 is 2.15 bits per heavy atom. The highest BCUT2D eigenvalue weighted by Gasteiger charge is 2.23. The van der Waals surface area contributed by atoms with Gasteiger partial charge in [0.1, 0.15) is 0 Å². The molecule has 0 spiro atoms. The Morgan fingerprint density at radius 1 is 1.05 bits per heavy atom. The molecule has 0 radical (unpaired) electrons. The quantitative estimate of drug-likeness (QED) is 0.891. The van der Waals surface area contributed by atoms with Crippen molar-refractivity contribution in [2.45, 2.75) is 19.9 Å². The zero-order chi connectivity index (χ0) is 14.5. The van der Waals surface area contributed by atoms with Gasteiger partial charge in [-0.15, -0.1) is 0 Å². The molecule has 3 amide bonds. The van der Waals surface area contributed by atoms with Crippen LogP contribution >= 0.6 is 0 Å². The topological polar surface area (TPSA) is 52.7 Å². The molecule has 1 aliphatic rings. The van der Waals surface area contributed by atoms with Crippen LogP contribution in [0.1, 0.15) is 25.5 Å². The molecule has 0 aromatic heterocycles. The molecule has 1 heterocycles. The molecule has 0 aliphatic carbocycles. The van der Waals surface area contributed by atoms with Gasteiger partial charge in [-0.1, -0.05) is 30.3 Å². The van der Waals surface area contributed by atoms with Gasteiger partial charge >= 0.3 is 6.03 Å². The Bertz CT molecular complexity index is 467. The van der Waals surface area contributed by atoms with E-state index in [9.17, 15) is 9.59 Å². The van der Waals surface area contributed by atoms with Gasteiger partial charge in [-0.25, -0.2) is 4.79 Å². The van der Waals surface area contributed by atoms with Crippen LogP contribution in [0.2, 0.25) is 0 Å². The van der Waals surface area contributed by atoms with Crippen LogP contribution in [0.25, 0.3) is 0 Å². The average molecular weight is 275 g/mol. The lowest BCUT2D eigenvalue weighted by Crippen LogP contribution is -2.53. The van der Waals surface area contributed by atoms with Crippen LogP contribution in [-0.4, -0.2) is 47.9 Å². The van der Waals surface area contributed by atoms with Gasteiger partial charge in [-0.2, -0.15) is 0 Å². The lowest BCUT2D eigenvalue weighted by molar-refractivity contribution is -0.130. The molecule has 1 fully saturated rings. The molecule has 1 atom stereocenters. The van der Waals surface area contributed by atoms with Gasteiger partial charge in [0, 0.05) is 33.1 Å². The first-order valence-electron chi connectivity index (χ1n) is 6.94. The minimum Gasteiger partial charge on any atom is -0.339 e. The summed E-state index contributed by atoms with van der Waals surface area (Å²) < 4.78 is 0. The van der Waals surface area contributed by atoms with Gasteiger partial charge in [0.15, 0.2) is 0 Å². The second-order valence-corrected chi connectivity index (χ2v) is 5.07. The number of amides is 3. The van der Waals surface area contributed by atoms with Crippen molar-refractivity contribution >= 4 is 11.9 Å². The van der Waals surface area contributed by atoms with E-state index >= 15 is 0 Å². The van der Waals surface area contributed by atoms with Crippen molar-refractivity contribution in [3.8, 4) is 0 Å². The highest BCUT2D eigenvalue weighted by molar-refractivity contribution is 5.76. The largest absolute Gasteiger partial charge is 0.339 e.